The molecule has 2 atom stereocenters. The van der Waals surface area contributed by atoms with E-state index in [9.17, 15) is 14.7 Å². The lowest BCUT2D eigenvalue weighted by molar-refractivity contribution is -0.147. The Morgan fingerprint density at radius 3 is 2.48 bits per heavy atom. The summed E-state index contributed by atoms with van der Waals surface area (Å²) in [6, 6.07) is -0.226. The number of carboxylic acids is 1. The molecule has 122 valence electrons. The third-order valence-corrected chi connectivity index (χ3v) is 4.02. The molecule has 2 unspecified atom stereocenters. The molecule has 0 radical (unpaired) electrons. The first kappa shape index (κ1) is 17.8. The topological polar surface area (TPSA) is 72.9 Å². The lowest BCUT2D eigenvalue weighted by Gasteiger charge is -2.33. The minimum Gasteiger partial charge on any atom is -0.480 e. The van der Waals surface area contributed by atoms with Crippen molar-refractivity contribution in [3.8, 4) is 0 Å². The highest BCUT2D eigenvalue weighted by Gasteiger charge is 2.46. The lowest BCUT2D eigenvalue weighted by atomic mass is 9.99. The van der Waals surface area contributed by atoms with Crippen molar-refractivity contribution in [1.82, 2.24) is 15.1 Å². The number of carbonyl (C=O) groups is 2. The SMILES string of the molecule is CC(C)CC(CN(C)C)NC(=O)N1CCCC1(C)C(=O)O. The largest absolute Gasteiger partial charge is 0.480 e. The molecule has 0 aromatic rings. The average molecular weight is 299 g/mol. The summed E-state index contributed by atoms with van der Waals surface area (Å²) in [4.78, 5) is 27.4. The summed E-state index contributed by atoms with van der Waals surface area (Å²) in [5.41, 5.74) is -1.08. The Balaban J connectivity index is 2.74. The summed E-state index contributed by atoms with van der Waals surface area (Å²) >= 11 is 0. The van der Waals surface area contributed by atoms with Crippen LogP contribution in [-0.4, -0.2) is 65.7 Å². The van der Waals surface area contributed by atoms with Gasteiger partial charge in [0, 0.05) is 19.1 Å². The van der Waals surface area contributed by atoms with E-state index >= 15 is 0 Å². The Labute approximate surface area is 127 Å². The van der Waals surface area contributed by atoms with Gasteiger partial charge >= 0.3 is 12.0 Å². The van der Waals surface area contributed by atoms with E-state index in [2.05, 4.69) is 19.2 Å². The summed E-state index contributed by atoms with van der Waals surface area (Å²) in [6.07, 6.45) is 2.12. The Kier molecular flexibility index (Phi) is 6.01. The summed E-state index contributed by atoms with van der Waals surface area (Å²) in [7, 11) is 3.94. The number of likely N-dealkylation sites (N-methyl/N-ethyl adjacent to an activating group) is 1. The minimum absolute atomic E-state index is 0.0335. The van der Waals surface area contributed by atoms with Gasteiger partial charge in [0.2, 0.25) is 0 Å². The number of urea groups is 1. The van der Waals surface area contributed by atoms with Gasteiger partial charge in [0.25, 0.3) is 0 Å². The third-order valence-electron chi connectivity index (χ3n) is 4.02. The first-order valence-corrected chi connectivity index (χ1v) is 7.63. The quantitative estimate of drug-likeness (QED) is 0.781. The van der Waals surface area contributed by atoms with Crippen LogP contribution in [0.4, 0.5) is 4.79 Å². The highest BCUT2D eigenvalue weighted by Crippen LogP contribution is 2.29. The van der Waals surface area contributed by atoms with Crippen LogP contribution in [0.25, 0.3) is 0 Å². The minimum atomic E-state index is -1.08. The normalized spacial score (nSPS) is 23.7. The van der Waals surface area contributed by atoms with Crippen molar-refractivity contribution >= 4 is 12.0 Å². The first-order valence-electron chi connectivity index (χ1n) is 7.63. The van der Waals surface area contributed by atoms with E-state index < -0.39 is 11.5 Å². The molecule has 0 aromatic heterocycles. The third kappa shape index (κ3) is 4.59. The first-order chi connectivity index (χ1) is 9.66. The second kappa shape index (κ2) is 7.11. The maximum absolute atomic E-state index is 12.5. The van der Waals surface area contributed by atoms with Crippen molar-refractivity contribution in [2.24, 2.45) is 5.92 Å². The zero-order valence-corrected chi connectivity index (χ0v) is 13.8. The zero-order chi connectivity index (χ0) is 16.2. The van der Waals surface area contributed by atoms with Gasteiger partial charge in [-0.05, 0) is 46.2 Å². The van der Waals surface area contributed by atoms with Gasteiger partial charge in [-0.3, -0.25) is 0 Å². The number of rotatable bonds is 6. The number of hydrogen-bond acceptors (Lipinski definition) is 3. The molecule has 0 spiro atoms. The molecular formula is C15H29N3O3. The van der Waals surface area contributed by atoms with Crippen molar-refractivity contribution < 1.29 is 14.7 Å². The van der Waals surface area contributed by atoms with E-state index in [0.29, 0.717) is 18.9 Å². The molecule has 2 amide bonds. The fourth-order valence-corrected chi connectivity index (χ4v) is 2.95. The van der Waals surface area contributed by atoms with Gasteiger partial charge < -0.3 is 20.2 Å². The molecule has 6 heteroatoms. The number of nitrogens with zero attached hydrogens (tertiary/aromatic N) is 2. The summed E-state index contributed by atoms with van der Waals surface area (Å²) in [5.74, 6) is -0.456. The van der Waals surface area contributed by atoms with Gasteiger partial charge in [-0.15, -0.1) is 0 Å². The Morgan fingerprint density at radius 1 is 1.38 bits per heavy atom. The summed E-state index contributed by atoms with van der Waals surface area (Å²) < 4.78 is 0. The van der Waals surface area contributed by atoms with Crippen molar-refractivity contribution in [2.75, 3.05) is 27.2 Å². The molecule has 1 heterocycles. The number of carboxylic acid groups (broad SMARTS) is 1. The molecule has 21 heavy (non-hydrogen) atoms. The molecule has 0 aromatic carbocycles. The van der Waals surface area contributed by atoms with Crippen LogP contribution in [0.15, 0.2) is 0 Å². The second-order valence-electron chi connectivity index (χ2n) is 6.87. The van der Waals surface area contributed by atoms with Crippen LogP contribution in [-0.2, 0) is 4.79 Å². The molecule has 0 saturated carbocycles. The molecule has 0 bridgehead atoms. The summed E-state index contributed by atoms with van der Waals surface area (Å²) in [6.45, 7) is 7.12. The predicted molar refractivity (Wildman–Crippen MR) is 82.3 cm³/mol. The van der Waals surface area contributed by atoms with E-state index in [1.54, 1.807) is 6.92 Å². The highest BCUT2D eigenvalue weighted by atomic mass is 16.4. The molecule has 1 aliphatic rings. The van der Waals surface area contributed by atoms with E-state index in [1.807, 2.05) is 19.0 Å². The Bertz CT molecular complexity index is 374. The molecule has 1 saturated heterocycles. The molecule has 1 aliphatic heterocycles. The van der Waals surface area contributed by atoms with Crippen molar-refractivity contribution in [2.45, 2.75) is 51.6 Å². The van der Waals surface area contributed by atoms with E-state index in [-0.39, 0.29) is 12.1 Å². The van der Waals surface area contributed by atoms with Gasteiger partial charge in [0.05, 0.1) is 0 Å². The molecule has 2 N–H and O–H groups in total. The molecule has 0 aliphatic carbocycles. The maximum atomic E-state index is 12.5. The highest BCUT2D eigenvalue weighted by molar-refractivity contribution is 5.86. The Hall–Kier alpha value is -1.30. The number of aliphatic carboxylic acids is 1. The number of amides is 2. The van der Waals surface area contributed by atoms with Crippen LogP contribution < -0.4 is 5.32 Å². The van der Waals surface area contributed by atoms with Crippen molar-refractivity contribution in [1.29, 1.82) is 0 Å². The van der Waals surface area contributed by atoms with Gasteiger partial charge in [-0.2, -0.15) is 0 Å². The number of nitrogens with one attached hydrogen (secondary N) is 1. The molecule has 6 nitrogen and oxygen atoms in total. The van der Waals surface area contributed by atoms with Gasteiger partial charge in [0.1, 0.15) is 5.54 Å². The van der Waals surface area contributed by atoms with Crippen molar-refractivity contribution in [3.05, 3.63) is 0 Å². The van der Waals surface area contributed by atoms with E-state index in [1.165, 1.54) is 4.90 Å². The molecular weight excluding hydrogens is 270 g/mol. The van der Waals surface area contributed by atoms with E-state index in [4.69, 9.17) is 0 Å². The molecule has 1 rings (SSSR count). The van der Waals surface area contributed by atoms with Crippen LogP contribution >= 0.6 is 0 Å². The van der Waals surface area contributed by atoms with Crippen molar-refractivity contribution in [3.63, 3.8) is 0 Å². The fourth-order valence-electron chi connectivity index (χ4n) is 2.95. The van der Waals surface area contributed by atoms with Crippen LogP contribution in [0, 0.1) is 5.92 Å². The monoisotopic (exact) mass is 299 g/mol. The number of carbonyl (C=O) groups excluding carboxylic acids is 1. The van der Waals surface area contributed by atoms with Crippen LogP contribution in [0.1, 0.15) is 40.0 Å². The lowest BCUT2D eigenvalue weighted by Crippen LogP contribution is -2.56. The standard InChI is InChI=1S/C15H29N3O3/c1-11(2)9-12(10-17(4)5)16-14(21)18-8-6-7-15(18,3)13(19)20/h11-12H,6-10H2,1-5H3,(H,16,21)(H,19,20). The van der Waals surface area contributed by atoms with Crippen LogP contribution in [0.5, 0.6) is 0 Å². The van der Waals surface area contributed by atoms with E-state index in [0.717, 1.165) is 19.4 Å². The Morgan fingerprint density at radius 2 is 2.00 bits per heavy atom. The van der Waals surface area contributed by atoms with Gasteiger partial charge in [-0.1, -0.05) is 13.8 Å². The summed E-state index contributed by atoms with van der Waals surface area (Å²) in [5, 5.41) is 12.4. The number of hydrogen-bond donors (Lipinski definition) is 2. The zero-order valence-electron chi connectivity index (χ0n) is 13.8. The van der Waals surface area contributed by atoms with Gasteiger partial charge in [0.15, 0.2) is 0 Å². The number of likely N-dealkylation sites (tertiary alicyclic amines) is 1. The smallest absolute Gasteiger partial charge is 0.329 e. The second-order valence-corrected chi connectivity index (χ2v) is 6.87. The maximum Gasteiger partial charge on any atom is 0.329 e. The fraction of sp³-hybridized carbons (Fsp3) is 0.867. The van der Waals surface area contributed by atoms with Crippen LogP contribution in [0.2, 0.25) is 0 Å². The van der Waals surface area contributed by atoms with Gasteiger partial charge in [-0.25, -0.2) is 9.59 Å². The van der Waals surface area contributed by atoms with Crippen LogP contribution in [0.3, 0.4) is 0 Å². The average Bonchev–Trinajstić information content (AvgIpc) is 2.70. The molecule has 1 fully saturated rings. The predicted octanol–water partition coefficient (Wildman–Crippen LogP) is 1.61.